The highest BCUT2D eigenvalue weighted by atomic mass is 14.7. The molecule has 1 unspecified atom stereocenters. The lowest BCUT2D eigenvalue weighted by Gasteiger charge is -2.15. The highest BCUT2D eigenvalue weighted by Crippen LogP contribution is 2.23. The summed E-state index contributed by atoms with van der Waals surface area (Å²) in [4.78, 5) is 4.28. The molecule has 1 aliphatic carbocycles. The fourth-order valence-corrected chi connectivity index (χ4v) is 1.60. The summed E-state index contributed by atoms with van der Waals surface area (Å²) in [5.74, 6) is 0.703. The second kappa shape index (κ2) is 5.00. The number of allylic oxidation sites excluding steroid dienone is 4. The molecule has 1 nitrogen and oxygen atoms in total. The molecule has 0 aliphatic heterocycles. The maximum atomic E-state index is 4.28. The Morgan fingerprint density at radius 3 is 2.92 bits per heavy atom. The van der Waals surface area contributed by atoms with Crippen LogP contribution in [0.25, 0.3) is 0 Å². The molecular formula is C12H19N. The van der Waals surface area contributed by atoms with Gasteiger partial charge in [-0.15, -0.1) is 0 Å². The maximum Gasteiger partial charge on any atom is 0.0361 e. The van der Waals surface area contributed by atoms with Crippen LogP contribution in [0.15, 0.2) is 28.3 Å². The van der Waals surface area contributed by atoms with Gasteiger partial charge in [0.05, 0.1) is 0 Å². The Labute approximate surface area is 81.3 Å². The van der Waals surface area contributed by atoms with Crippen molar-refractivity contribution in [2.24, 2.45) is 10.9 Å². The lowest BCUT2D eigenvalue weighted by Crippen LogP contribution is -2.02. The number of hydrogen-bond acceptors (Lipinski definition) is 1. The minimum absolute atomic E-state index is 0.703. The van der Waals surface area contributed by atoms with Crippen LogP contribution in [-0.4, -0.2) is 12.8 Å². The van der Waals surface area contributed by atoms with Gasteiger partial charge in [0, 0.05) is 12.8 Å². The Bertz CT molecular complexity index is 246. The second-order valence-electron chi connectivity index (χ2n) is 3.55. The SMILES string of the molecule is CCN=CC1=CCC(C)C=C1CC. The first-order chi connectivity index (χ1) is 6.27. The van der Waals surface area contributed by atoms with Crippen LogP contribution >= 0.6 is 0 Å². The van der Waals surface area contributed by atoms with Crippen LogP contribution in [-0.2, 0) is 0 Å². The van der Waals surface area contributed by atoms with Gasteiger partial charge in [0.15, 0.2) is 0 Å². The average Bonchev–Trinajstić information content (AvgIpc) is 2.16. The van der Waals surface area contributed by atoms with Crippen molar-refractivity contribution < 1.29 is 0 Å². The highest BCUT2D eigenvalue weighted by Gasteiger charge is 2.08. The quantitative estimate of drug-likeness (QED) is 0.586. The van der Waals surface area contributed by atoms with Crippen molar-refractivity contribution in [2.75, 3.05) is 6.54 Å². The summed E-state index contributed by atoms with van der Waals surface area (Å²) in [5, 5.41) is 0. The van der Waals surface area contributed by atoms with Gasteiger partial charge >= 0.3 is 0 Å². The molecule has 1 rings (SSSR count). The molecule has 0 fully saturated rings. The maximum absolute atomic E-state index is 4.28. The molecule has 13 heavy (non-hydrogen) atoms. The Morgan fingerprint density at radius 1 is 1.54 bits per heavy atom. The standard InChI is InChI=1S/C12H19N/c1-4-11-8-10(3)6-7-12(11)9-13-5-2/h7-10H,4-6H2,1-3H3. The number of rotatable bonds is 3. The molecule has 0 aromatic rings. The highest BCUT2D eigenvalue weighted by molar-refractivity contribution is 5.84. The van der Waals surface area contributed by atoms with Crippen LogP contribution in [0.4, 0.5) is 0 Å². The van der Waals surface area contributed by atoms with Crippen LogP contribution in [0.5, 0.6) is 0 Å². The van der Waals surface area contributed by atoms with Gasteiger partial charge in [0.25, 0.3) is 0 Å². The molecule has 72 valence electrons. The van der Waals surface area contributed by atoms with E-state index in [1.807, 2.05) is 6.21 Å². The molecule has 0 radical (unpaired) electrons. The van der Waals surface area contributed by atoms with Crippen molar-refractivity contribution in [1.29, 1.82) is 0 Å². The van der Waals surface area contributed by atoms with Crippen LogP contribution in [0.3, 0.4) is 0 Å². The number of nitrogens with zero attached hydrogens (tertiary/aromatic N) is 1. The van der Waals surface area contributed by atoms with E-state index in [9.17, 15) is 0 Å². The summed E-state index contributed by atoms with van der Waals surface area (Å²) >= 11 is 0. The minimum Gasteiger partial charge on any atom is -0.293 e. The predicted octanol–water partition coefficient (Wildman–Crippen LogP) is 3.38. The van der Waals surface area contributed by atoms with Gasteiger partial charge in [-0.3, -0.25) is 4.99 Å². The normalized spacial score (nSPS) is 23.2. The van der Waals surface area contributed by atoms with E-state index in [0.29, 0.717) is 5.92 Å². The van der Waals surface area contributed by atoms with Gasteiger partial charge in [0.2, 0.25) is 0 Å². The van der Waals surface area contributed by atoms with Crippen LogP contribution in [0, 0.1) is 5.92 Å². The van der Waals surface area contributed by atoms with Gasteiger partial charge < -0.3 is 0 Å². The van der Waals surface area contributed by atoms with E-state index < -0.39 is 0 Å². The fourth-order valence-electron chi connectivity index (χ4n) is 1.60. The van der Waals surface area contributed by atoms with Crippen LogP contribution < -0.4 is 0 Å². The van der Waals surface area contributed by atoms with E-state index in [0.717, 1.165) is 19.4 Å². The molecule has 0 N–H and O–H groups in total. The van der Waals surface area contributed by atoms with Crippen molar-refractivity contribution in [3.63, 3.8) is 0 Å². The molecule has 1 atom stereocenters. The second-order valence-corrected chi connectivity index (χ2v) is 3.55. The minimum atomic E-state index is 0.703. The zero-order valence-corrected chi connectivity index (χ0v) is 8.88. The van der Waals surface area contributed by atoms with E-state index >= 15 is 0 Å². The van der Waals surface area contributed by atoms with Crippen LogP contribution in [0.1, 0.15) is 33.6 Å². The summed E-state index contributed by atoms with van der Waals surface area (Å²) in [7, 11) is 0. The third-order valence-electron chi connectivity index (χ3n) is 2.36. The summed E-state index contributed by atoms with van der Waals surface area (Å²) in [5.41, 5.74) is 2.79. The van der Waals surface area contributed by atoms with Crippen molar-refractivity contribution in [3.8, 4) is 0 Å². The van der Waals surface area contributed by atoms with E-state index in [4.69, 9.17) is 0 Å². The largest absolute Gasteiger partial charge is 0.293 e. The molecule has 0 saturated carbocycles. The zero-order valence-electron chi connectivity index (χ0n) is 8.88. The third kappa shape index (κ3) is 2.83. The average molecular weight is 177 g/mol. The van der Waals surface area contributed by atoms with Crippen molar-refractivity contribution in [3.05, 3.63) is 23.3 Å². The Kier molecular flexibility index (Phi) is 3.94. The smallest absolute Gasteiger partial charge is 0.0361 e. The van der Waals surface area contributed by atoms with Gasteiger partial charge in [-0.1, -0.05) is 26.0 Å². The first-order valence-corrected chi connectivity index (χ1v) is 5.19. The molecule has 1 heteroatoms. The summed E-state index contributed by atoms with van der Waals surface area (Å²) in [6.07, 6.45) is 8.97. The molecular weight excluding hydrogens is 158 g/mol. The zero-order chi connectivity index (χ0) is 9.68. The van der Waals surface area contributed by atoms with Gasteiger partial charge in [0.1, 0.15) is 0 Å². The Morgan fingerprint density at radius 2 is 2.31 bits per heavy atom. The molecule has 0 bridgehead atoms. The van der Waals surface area contributed by atoms with Crippen LogP contribution in [0.2, 0.25) is 0 Å². The first kappa shape index (κ1) is 10.2. The van der Waals surface area contributed by atoms with E-state index in [1.165, 1.54) is 11.1 Å². The Hall–Kier alpha value is -0.850. The molecule has 0 spiro atoms. The van der Waals surface area contributed by atoms with Crippen molar-refractivity contribution in [2.45, 2.75) is 33.6 Å². The van der Waals surface area contributed by atoms with Crippen molar-refractivity contribution >= 4 is 6.21 Å². The summed E-state index contributed by atoms with van der Waals surface area (Å²) in [6, 6.07) is 0. The van der Waals surface area contributed by atoms with E-state index in [1.54, 1.807) is 0 Å². The summed E-state index contributed by atoms with van der Waals surface area (Å²) < 4.78 is 0. The topological polar surface area (TPSA) is 12.4 Å². The first-order valence-electron chi connectivity index (χ1n) is 5.19. The van der Waals surface area contributed by atoms with E-state index in [-0.39, 0.29) is 0 Å². The molecule has 0 aromatic carbocycles. The third-order valence-corrected chi connectivity index (χ3v) is 2.36. The number of aliphatic imine (C=N–C) groups is 1. The molecule has 0 aromatic heterocycles. The number of hydrogen-bond donors (Lipinski definition) is 0. The fraction of sp³-hybridized carbons (Fsp3) is 0.583. The van der Waals surface area contributed by atoms with Gasteiger partial charge in [-0.05, 0) is 36.8 Å². The van der Waals surface area contributed by atoms with E-state index in [2.05, 4.69) is 37.9 Å². The lowest BCUT2D eigenvalue weighted by molar-refractivity contribution is 0.720. The monoisotopic (exact) mass is 177 g/mol. The predicted molar refractivity (Wildman–Crippen MR) is 59.3 cm³/mol. The molecule has 0 saturated heterocycles. The lowest BCUT2D eigenvalue weighted by atomic mass is 9.91. The molecule has 0 amide bonds. The Balaban J connectivity index is 2.74. The van der Waals surface area contributed by atoms with Crippen molar-refractivity contribution in [1.82, 2.24) is 0 Å². The molecule has 1 aliphatic rings. The van der Waals surface area contributed by atoms with Gasteiger partial charge in [-0.25, -0.2) is 0 Å². The van der Waals surface area contributed by atoms with Gasteiger partial charge in [-0.2, -0.15) is 0 Å². The summed E-state index contributed by atoms with van der Waals surface area (Å²) in [6.45, 7) is 7.42. The molecule has 0 heterocycles.